The van der Waals surface area contributed by atoms with Crippen LogP contribution in [0.5, 0.6) is 5.75 Å². The average Bonchev–Trinajstić information content (AvgIpc) is 2.56. The topological polar surface area (TPSA) is 92.7 Å². The highest BCUT2D eigenvalue weighted by molar-refractivity contribution is 7.89. The zero-order valence-corrected chi connectivity index (χ0v) is 21.0. The number of ether oxygens (including phenoxy) is 1. The first-order chi connectivity index (χ1) is 13.6. The number of carboxylic acid groups (broad SMARTS) is 1. The van der Waals surface area contributed by atoms with Gasteiger partial charge in [0.1, 0.15) is 25.5 Å². The van der Waals surface area contributed by atoms with Crippen molar-refractivity contribution in [3.8, 4) is 17.2 Å². The minimum Gasteiger partial charge on any atom is -0.487 e. The van der Waals surface area contributed by atoms with Crippen LogP contribution in [0.2, 0.25) is 19.6 Å². The molecule has 30 heavy (non-hydrogen) atoms. The van der Waals surface area contributed by atoms with Gasteiger partial charge in [-0.15, -0.1) is 11.5 Å². The van der Waals surface area contributed by atoms with Gasteiger partial charge in [0.05, 0.1) is 4.90 Å². The molecule has 2 rings (SSSR count). The van der Waals surface area contributed by atoms with Crippen LogP contribution in [0.15, 0.2) is 4.90 Å². The van der Waals surface area contributed by atoms with Crippen LogP contribution in [-0.4, -0.2) is 39.2 Å². The van der Waals surface area contributed by atoms with Crippen molar-refractivity contribution >= 4 is 24.1 Å². The van der Waals surface area contributed by atoms with Gasteiger partial charge in [0.2, 0.25) is 10.0 Å². The van der Waals surface area contributed by atoms with Gasteiger partial charge in [0, 0.05) is 6.42 Å². The maximum Gasteiger partial charge on any atom is 0.322 e. The quantitative estimate of drug-likeness (QED) is 0.526. The molecule has 0 bridgehead atoms. The standard InChI is InChI=1S/C22H33NO5SSi/c1-14-15(2)20(16(3)17-11-12-22(4,5)28-19(14)17)29(26,27)23-18(21(24)25)10-9-13-30(6,7)8/h18,23H,10-12H2,1-8H3,(H,24,25)/t18-/m1/s1. The van der Waals surface area contributed by atoms with Gasteiger partial charge in [-0.2, -0.15) is 4.72 Å². The first-order valence-electron chi connectivity index (χ1n) is 10.1. The molecule has 0 spiro atoms. The van der Waals surface area contributed by atoms with E-state index < -0.39 is 30.1 Å². The smallest absolute Gasteiger partial charge is 0.322 e. The number of hydrogen-bond donors (Lipinski definition) is 2. The molecule has 8 heteroatoms. The molecular weight excluding hydrogens is 418 g/mol. The fourth-order valence-electron chi connectivity index (χ4n) is 3.59. The number of carboxylic acids is 1. The zero-order valence-electron chi connectivity index (χ0n) is 19.2. The fourth-order valence-corrected chi connectivity index (χ4v) is 5.99. The molecule has 166 valence electrons. The third-order valence-electron chi connectivity index (χ3n) is 5.30. The molecule has 0 aliphatic carbocycles. The number of benzene rings is 1. The maximum absolute atomic E-state index is 13.3. The number of rotatable bonds is 5. The van der Waals surface area contributed by atoms with Crippen molar-refractivity contribution in [1.29, 1.82) is 0 Å². The molecule has 1 aliphatic rings. The lowest BCUT2D eigenvalue weighted by molar-refractivity contribution is -0.138. The summed E-state index contributed by atoms with van der Waals surface area (Å²) in [4.78, 5) is 11.8. The minimum atomic E-state index is -4.06. The second kappa shape index (κ2) is 8.37. The van der Waals surface area contributed by atoms with Crippen molar-refractivity contribution in [2.24, 2.45) is 0 Å². The van der Waals surface area contributed by atoms with Crippen molar-refractivity contribution in [2.75, 3.05) is 0 Å². The van der Waals surface area contributed by atoms with E-state index in [9.17, 15) is 18.3 Å². The van der Waals surface area contributed by atoms with Crippen molar-refractivity contribution in [3.05, 3.63) is 22.3 Å². The molecule has 1 aromatic carbocycles. The van der Waals surface area contributed by atoms with Crippen LogP contribution in [0.4, 0.5) is 0 Å². The van der Waals surface area contributed by atoms with E-state index >= 15 is 0 Å². The minimum absolute atomic E-state index is 0.0713. The summed E-state index contributed by atoms with van der Waals surface area (Å²) in [7, 11) is -5.74. The largest absolute Gasteiger partial charge is 0.487 e. The van der Waals surface area contributed by atoms with E-state index in [4.69, 9.17) is 4.74 Å². The Hall–Kier alpha value is -1.82. The number of carbonyl (C=O) groups is 1. The predicted molar refractivity (Wildman–Crippen MR) is 121 cm³/mol. The van der Waals surface area contributed by atoms with Crippen LogP contribution in [0.1, 0.15) is 48.9 Å². The maximum atomic E-state index is 13.3. The first kappa shape index (κ1) is 24.4. The second-order valence-electron chi connectivity index (χ2n) is 9.64. The van der Waals surface area contributed by atoms with Crippen LogP contribution in [-0.2, 0) is 21.2 Å². The van der Waals surface area contributed by atoms with E-state index in [0.717, 1.165) is 23.3 Å². The van der Waals surface area contributed by atoms with E-state index in [0.29, 0.717) is 17.5 Å². The molecule has 6 nitrogen and oxygen atoms in total. The highest BCUT2D eigenvalue weighted by Gasteiger charge is 2.34. The van der Waals surface area contributed by atoms with Crippen LogP contribution in [0.3, 0.4) is 0 Å². The Balaban J connectivity index is 2.48. The summed E-state index contributed by atoms with van der Waals surface area (Å²) < 4.78 is 35.1. The molecular formula is C22H33NO5SSi. The SMILES string of the molecule is Cc1c(C)c(S(=O)(=O)N[C@H](CC#C[Si](C)(C)C)C(=O)O)c(C)c2c1OC(C)(C)CC2. The van der Waals surface area contributed by atoms with E-state index in [1.54, 1.807) is 13.8 Å². The Labute approximate surface area is 181 Å². The van der Waals surface area contributed by atoms with Gasteiger partial charge in [-0.3, -0.25) is 4.79 Å². The lowest BCUT2D eigenvalue weighted by Crippen LogP contribution is -2.41. The predicted octanol–water partition coefficient (Wildman–Crippen LogP) is 3.72. The molecule has 0 radical (unpaired) electrons. The molecule has 2 N–H and O–H groups in total. The van der Waals surface area contributed by atoms with Gasteiger partial charge < -0.3 is 9.84 Å². The summed E-state index contributed by atoms with van der Waals surface area (Å²) in [6.07, 6.45) is 1.42. The Bertz CT molecular complexity index is 1030. The van der Waals surface area contributed by atoms with E-state index in [1.165, 1.54) is 0 Å². The van der Waals surface area contributed by atoms with E-state index in [1.807, 2.05) is 40.4 Å². The van der Waals surface area contributed by atoms with Gasteiger partial charge in [-0.1, -0.05) is 19.6 Å². The Morgan fingerprint density at radius 3 is 2.33 bits per heavy atom. The molecule has 0 aromatic heterocycles. The third kappa shape index (κ3) is 5.45. The monoisotopic (exact) mass is 451 g/mol. The number of fused-ring (bicyclic) bond motifs is 1. The lowest BCUT2D eigenvalue weighted by atomic mass is 9.88. The molecule has 0 unspecified atom stereocenters. The van der Waals surface area contributed by atoms with Crippen molar-refractivity contribution in [1.82, 2.24) is 4.72 Å². The Morgan fingerprint density at radius 1 is 1.20 bits per heavy atom. The summed E-state index contributed by atoms with van der Waals surface area (Å²) in [6.45, 7) is 15.5. The fraction of sp³-hybridized carbons (Fsp3) is 0.591. The summed E-state index contributed by atoms with van der Waals surface area (Å²) in [5, 5.41) is 9.55. The summed E-state index contributed by atoms with van der Waals surface area (Å²) in [5.74, 6) is 2.37. The second-order valence-corrected chi connectivity index (χ2v) is 16.0. The van der Waals surface area contributed by atoms with Crippen LogP contribution < -0.4 is 9.46 Å². The highest BCUT2D eigenvalue weighted by atomic mass is 32.2. The molecule has 0 fully saturated rings. The van der Waals surface area contributed by atoms with Crippen LogP contribution >= 0.6 is 0 Å². The van der Waals surface area contributed by atoms with Gasteiger partial charge in [0.25, 0.3) is 0 Å². The zero-order chi connectivity index (χ0) is 23.1. The van der Waals surface area contributed by atoms with E-state index in [-0.39, 0.29) is 16.9 Å². The summed E-state index contributed by atoms with van der Waals surface area (Å²) in [6, 6.07) is -1.30. The lowest BCUT2D eigenvalue weighted by Gasteiger charge is -2.35. The summed E-state index contributed by atoms with van der Waals surface area (Å²) in [5.41, 5.74) is 5.63. The molecule has 0 saturated carbocycles. The van der Waals surface area contributed by atoms with Crippen LogP contribution in [0.25, 0.3) is 0 Å². The van der Waals surface area contributed by atoms with Gasteiger partial charge >= 0.3 is 5.97 Å². The number of sulfonamides is 1. The van der Waals surface area contributed by atoms with Gasteiger partial charge in [0.15, 0.2) is 0 Å². The molecule has 0 saturated heterocycles. The molecule has 1 aliphatic heterocycles. The number of nitrogens with one attached hydrogen (secondary N) is 1. The highest BCUT2D eigenvalue weighted by Crippen LogP contribution is 2.42. The average molecular weight is 452 g/mol. The van der Waals surface area contributed by atoms with Crippen molar-refractivity contribution in [2.45, 2.75) is 90.1 Å². The third-order valence-corrected chi connectivity index (χ3v) is 7.97. The van der Waals surface area contributed by atoms with Crippen molar-refractivity contribution < 1.29 is 23.1 Å². The molecule has 1 atom stereocenters. The Morgan fingerprint density at radius 2 is 1.80 bits per heavy atom. The van der Waals surface area contributed by atoms with Crippen LogP contribution in [0, 0.1) is 32.2 Å². The number of hydrogen-bond acceptors (Lipinski definition) is 4. The van der Waals surface area contributed by atoms with Gasteiger partial charge in [-0.05, 0) is 69.7 Å². The van der Waals surface area contributed by atoms with Gasteiger partial charge in [-0.25, -0.2) is 8.42 Å². The van der Waals surface area contributed by atoms with E-state index in [2.05, 4.69) is 16.2 Å². The molecule has 1 aromatic rings. The first-order valence-corrected chi connectivity index (χ1v) is 15.1. The Kier molecular flexibility index (Phi) is 6.82. The van der Waals surface area contributed by atoms with Crippen molar-refractivity contribution in [3.63, 3.8) is 0 Å². The molecule has 0 amide bonds. The number of aliphatic carboxylic acids is 1. The summed E-state index contributed by atoms with van der Waals surface area (Å²) >= 11 is 0. The normalized spacial score (nSPS) is 16.7. The molecule has 1 heterocycles.